The van der Waals surface area contributed by atoms with Crippen LogP contribution in [0.5, 0.6) is 0 Å². The van der Waals surface area contributed by atoms with Gasteiger partial charge in [-0.3, -0.25) is 4.79 Å². The summed E-state index contributed by atoms with van der Waals surface area (Å²) in [5.74, 6) is -3.44. The first-order valence-electron chi connectivity index (χ1n) is 9.91. The third kappa shape index (κ3) is 4.56. The number of halogens is 3. The second kappa shape index (κ2) is 8.70. The van der Waals surface area contributed by atoms with Gasteiger partial charge in [0, 0.05) is 30.9 Å². The van der Waals surface area contributed by atoms with Crippen LogP contribution in [0.25, 0.3) is 5.69 Å². The molecule has 2 aromatic carbocycles. The minimum absolute atomic E-state index is 0.0132. The summed E-state index contributed by atoms with van der Waals surface area (Å²) >= 11 is 0. The fourth-order valence-electron chi connectivity index (χ4n) is 3.46. The number of benzene rings is 2. The SMILES string of the molecule is NC=CC(=Nc1ccccc1)c1nn(-c2ccc(N3CCC(F)(F)C3)cc2F)ccc1=O. The maximum absolute atomic E-state index is 14.9. The van der Waals surface area contributed by atoms with E-state index in [0.717, 1.165) is 0 Å². The van der Waals surface area contributed by atoms with Crippen molar-refractivity contribution in [1.29, 1.82) is 0 Å². The topological polar surface area (TPSA) is 76.5 Å². The van der Waals surface area contributed by atoms with Crippen LogP contribution >= 0.6 is 0 Å². The Balaban J connectivity index is 1.71. The van der Waals surface area contributed by atoms with E-state index in [4.69, 9.17) is 5.73 Å². The molecule has 0 spiro atoms. The smallest absolute Gasteiger partial charge is 0.266 e. The Bertz CT molecular complexity index is 1240. The molecule has 0 atom stereocenters. The highest BCUT2D eigenvalue weighted by Crippen LogP contribution is 2.31. The zero-order valence-corrected chi connectivity index (χ0v) is 17.0. The highest BCUT2D eigenvalue weighted by Gasteiger charge is 2.38. The predicted octanol–water partition coefficient (Wildman–Crippen LogP) is 3.81. The summed E-state index contributed by atoms with van der Waals surface area (Å²) < 4.78 is 43.1. The minimum atomic E-state index is -2.78. The maximum Gasteiger partial charge on any atom is 0.266 e. The second-order valence-corrected chi connectivity index (χ2v) is 7.33. The molecule has 2 heterocycles. The second-order valence-electron chi connectivity index (χ2n) is 7.33. The summed E-state index contributed by atoms with van der Waals surface area (Å²) in [6.45, 7) is -0.298. The normalized spacial score (nSPS) is 16.1. The van der Waals surface area contributed by atoms with Gasteiger partial charge in [0.2, 0.25) is 5.43 Å². The van der Waals surface area contributed by atoms with Crippen LogP contribution in [0.3, 0.4) is 0 Å². The third-order valence-electron chi connectivity index (χ3n) is 5.02. The summed E-state index contributed by atoms with van der Waals surface area (Å²) in [5, 5.41) is 4.26. The van der Waals surface area contributed by atoms with Crippen LogP contribution in [0.2, 0.25) is 0 Å². The highest BCUT2D eigenvalue weighted by molar-refractivity contribution is 6.08. The van der Waals surface area contributed by atoms with Gasteiger partial charge in [-0.25, -0.2) is 22.8 Å². The quantitative estimate of drug-likeness (QED) is 0.614. The number of hydrogen-bond donors (Lipinski definition) is 1. The van der Waals surface area contributed by atoms with Crippen molar-refractivity contribution in [3.63, 3.8) is 0 Å². The Morgan fingerprint density at radius 2 is 1.94 bits per heavy atom. The molecule has 0 aliphatic carbocycles. The zero-order valence-electron chi connectivity index (χ0n) is 17.0. The molecule has 1 aromatic heterocycles. The van der Waals surface area contributed by atoms with Gasteiger partial charge in [0.25, 0.3) is 5.92 Å². The van der Waals surface area contributed by atoms with Crippen LogP contribution in [0.4, 0.5) is 24.5 Å². The first-order chi connectivity index (χ1) is 15.4. The van der Waals surface area contributed by atoms with Gasteiger partial charge in [-0.1, -0.05) is 18.2 Å². The average Bonchev–Trinajstić information content (AvgIpc) is 3.14. The fourth-order valence-corrected chi connectivity index (χ4v) is 3.46. The number of allylic oxidation sites excluding steroid dienone is 1. The number of anilines is 1. The van der Waals surface area contributed by atoms with Crippen LogP contribution in [-0.2, 0) is 0 Å². The monoisotopic (exact) mass is 439 g/mol. The van der Waals surface area contributed by atoms with Crippen LogP contribution in [-0.4, -0.2) is 34.5 Å². The lowest BCUT2D eigenvalue weighted by Gasteiger charge is -2.19. The largest absolute Gasteiger partial charge is 0.405 e. The van der Waals surface area contributed by atoms with E-state index in [1.54, 1.807) is 30.3 Å². The van der Waals surface area contributed by atoms with Crippen molar-refractivity contribution >= 4 is 17.1 Å². The average molecular weight is 439 g/mol. The van der Waals surface area contributed by atoms with Crippen molar-refractivity contribution in [2.45, 2.75) is 12.3 Å². The molecule has 6 nitrogen and oxygen atoms in total. The number of para-hydroxylation sites is 1. The van der Waals surface area contributed by atoms with Crippen LogP contribution in [0, 0.1) is 5.82 Å². The van der Waals surface area contributed by atoms with Gasteiger partial charge in [-0.05, 0) is 42.6 Å². The number of hydrogen-bond acceptors (Lipinski definition) is 5. The van der Waals surface area contributed by atoms with E-state index in [9.17, 15) is 18.0 Å². The lowest BCUT2D eigenvalue weighted by Crippen LogP contribution is -2.25. The van der Waals surface area contributed by atoms with E-state index < -0.39 is 23.7 Å². The van der Waals surface area contributed by atoms with Crippen LogP contribution in [0.1, 0.15) is 12.1 Å². The van der Waals surface area contributed by atoms with Gasteiger partial charge in [-0.15, -0.1) is 0 Å². The molecule has 0 unspecified atom stereocenters. The highest BCUT2D eigenvalue weighted by atomic mass is 19.3. The molecule has 0 amide bonds. The summed E-state index contributed by atoms with van der Waals surface area (Å²) in [5.41, 5.74) is 6.34. The van der Waals surface area contributed by atoms with Gasteiger partial charge in [0.1, 0.15) is 5.69 Å². The molecule has 2 N–H and O–H groups in total. The number of aliphatic imine (C=N–C) groups is 1. The molecule has 4 rings (SSSR count). The Hall–Kier alpha value is -3.88. The van der Waals surface area contributed by atoms with Crippen molar-refractivity contribution < 1.29 is 13.2 Å². The van der Waals surface area contributed by atoms with E-state index in [1.807, 2.05) is 6.07 Å². The standard InChI is InChI=1S/C23H20F3N5O/c24-18-14-17(30-13-10-23(25,26)15-30)6-7-20(18)31-12-9-21(32)22(29-31)19(8-11-27)28-16-4-2-1-3-5-16/h1-9,11-12,14H,10,13,15,27H2. The molecule has 1 aliphatic rings. The minimum Gasteiger partial charge on any atom is -0.405 e. The van der Waals surface area contributed by atoms with E-state index in [2.05, 4.69) is 10.1 Å². The molecule has 32 heavy (non-hydrogen) atoms. The number of rotatable bonds is 5. The predicted molar refractivity (Wildman–Crippen MR) is 118 cm³/mol. The number of alkyl halides is 2. The van der Waals surface area contributed by atoms with Gasteiger partial charge in [0.05, 0.1) is 17.9 Å². The van der Waals surface area contributed by atoms with E-state index in [-0.39, 0.29) is 30.1 Å². The Kier molecular flexibility index (Phi) is 5.81. The van der Waals surface area contributed by atoms with Crippen molar-refractivity contribution in [3.8, 4) is 5.69 Å². The Labute approximate surface area is 182 Å². The molecular formula is C23H20F3N5O. The molecule has 1 saturated heterocycles. The molecule has 1 aliphatic heterocycles. The van der Waals surface area contributed by atoms with Crippen molar-refractivity contribution in [1.82, 2.24) is 9.78 Å². The lowest BCUT2D eigenvalue weighted by atomic mass is 10.2. The number of aromatic nitrogens is 2. The van der Waals surface area contributed by atoms with Crippen LogP contribution in [0.15, 0.2) is 82.9 Å². The number of nitrogens with zero attached hydrogens (tertiary/aromatic N) is 4. The Morgan fingerprint density at radius 1 is 1.16 bits per heavy atom. The Morgan fingerprint density at radius 3 is 2.59 bits per heavy atom. The van der Waals surface area contributed by atoms with Crippen molar-refractivity contribution in [2.75, 3.05) is 18.0 Å². The zero-order chi connectivity index (χ0) is 22.7. The van der Waals surface area contributed by atoms with Gasteiger partial charge in [0.15, 0.2) is 11.5 Å². The van der Waals surface area contributed by atoms with Gasteiger partial charge in [-0.2, -0.15) is 5.10 Å². The lowest BCUT2D eigenvalue weighted by molar-refractivity contribution is 0.0257. The van der Waals surface area contributed by atoms with Crippen molar-refractivity contribution in [3.05, 3.63) is 94.8 Å². The molecule has 0 bridgehead atoms. The molecule has 0 saturated carbocycles. The molecule has 3 aromatic rings. The maximum atomic E-state index is 14.9. The summed E-state index contributed by atoms with van der Waals surface area (Å²) in [6.07, 6.45) is 3.74. The molecule has 0 radical (unpaired) electrons. The van der Waals surface area contributed by atoms with E-state index >= 15 is 0 Å². The van der Waals surface area contributed by atoms with E-state index in [1.165, 1.54) is 46.3 Å². The fraction of sp³-hybridized carbons (Fsp3) is 0.174. The number of nitrogens with two attached hydrogens (primary N) is 1. The first-order valence-corrected chi connectivity index (χ1v) is 9.91. The van der Waals surface area contributed by atoms with Crippen molar-refractivity contribution in [2.24, 2.45) is 10.7 Å². The molecule has 164 valence electrons. The molecule has 9 heteroatoms. The van der Waals surface area contributed by atoms with E-state index in [0.29, 0.717) is 11.4 Å². The van der Waals surface area contributed by atoms with Crippen LogP contribution < -0.4 is 16.1 Å². The van der Waals surface area contributed by atoms with Gasteiger partial charge >= 0.3 is 0 Å². The molecule has 1 fully saturated rings. The van der Waals surface area contributed by atoms with Gasteiger partial charge < -0.3 is 10.6 Å². The third-order valence-corrected chi connectivity index (χ3v) is 5.02. The first kappa shape index (κ1) is 21.4. The summed E-state index contributed by atoms with van der Waals surface area (Å²) in [6, 6.07) is 14.4. The summed E-state index contributed by atoms with van der Waals surface area (Å²) in [7, 11) is 0. The molecular weight excluding hydrogens is 419 g/mol. The summed E-state index contributed by atoms with van der Waals surface area (Å²) in [4.78, 5) is 18.3.